The summed E-state index contributed by atoms with van der Waals surface area (Å²) < 4.78 is 5.21. The Morgan fingerprint density at radius 3 is 2.92 bits per heavy atom. The summed E-state index contributed by atoms with van der Waals surface area (Å²) in [4.78, 5) is 19.2. The lowest BCUT2D eigenvalue weighted by Crippen LogP contribution is -2.30. The molecule has 3 aromatic rings. The summed E-state index contributed by atoms with van der Waals surface area (Å²) >= 11 is 5.98. The van der Waals surface area contributed by atoms with Gasteiger partial charge in [0.05, 0.1) is 24.1 Å². The molecule has 25 heavy (non-hydrogen) atoms. The van der Waals surface area contributed by atoms with Gasteiger partial charge >= 0.3 is 0 Å². The fraction of sp³-hybridized carbons (Fsp3) is 0.278. The van der Waals surface area contributed by atoms with Crippen molar-refractivity contribution >= 4 is 28.5 Å². The van der Waals surface area contributed by atoms with E-state index in [1.165, 1.54) is 0 Å². The smallest absolute Gasteiger partial charge is 0.255 e. The number of likely N-dealkylation sites (tertiary alicyclic amines) is 1. The predicted octanol–water partition coefficient (Wildman–Crippen LogP) is 3.60. The molecule has 0 bridgehead atoms. The number of aromatic amines is 1. The van der Waals surface area contributed by atoms with E-state index in [9.17, 15) is 4.79 Å². The topological polar surface area (TPSA) is 71.1 Å². The molecule has 4 rings (SSSR count). The number of methoxy groups -OCH3 is 1. The average Bonchev–Trinajstić information content (AvgIpc) is 3.28. The summed E-state index contributed by atoms with van der Waals surface area (Å²) in [6, 6.07) is 9.54. The molecule has 1 unspecified atom stereocenters. The zero-order valence-corrected chi connectivity index (χ0v) is 14.5. The minimum absolute atomic E-state index is 0.0323. The lowest BCUT2D eigenvalue weighted by atomic mass is 10.0. The van der Waals surface area contributed by atoms with Gasteiger partial charge in [-0.15, -0.1) is 5.10 Å². The van der Waals surface area contributed by atoms with Gasteiger partial charge in [-0.25, -0.2) is 4.98 Å². The summed E-state index contributed by atoms with van der Waals surface area (Å²) in [6.45, 7) is 0.729. The number of fused-ring (bicyclic) bond motifs is 1. The molecule has 0 aliphatic carbocycles. The third-order valence-electron chi connectivity index (χ3n) is 4.59. The Kier molecular flexibility index (Phi) is 4.05. The maximum atomic E-state index is 13.1. The van der Waals surface area contributed by atoms with Gasteiger partial charge in [0.1, 0.15) is 0 Å². The van der Waals surface area contributed by atoms with Crippen molar-refractivity contribution in [2.24, 2.45) is 0 Å². The molecular formula is C18H17ClN4O2. The van der Waals surface area contributed by atoms with Crippen LogP contribution in [0.15, 0.2) is 36.5 Å². The molecule has 6 nitrogen and oxygen atoms in total. The number of aromatic nitrogens is 3. The largest absolute Gasteiger partial charge is 0.479 e. The Hall–Kier alpha value is -2.60. The highest BCUT2D eigenvalue weighted by molar-refractivity contribution is 6.30. The van der Waals surface area contributed by atoms with Gasteiger partial charge in [0.2, 0.25) is 5.88 Å². The monoisotopic (exact) mass is 356 g/mol. The van der Waals surface area contributed by atoms with Gasteiger partial charge < -0.3 is 9.64 Å². The van der Waals surface area contributed by atoms with E-state index in [-0.39, 0.29) is 11.9 Å². The number of pyridine rings is 1. The Bertz CT molecular complexity index is 922. The Labute approximate surface area is 149 Å². The van der Waals surface area contributed by atoms with Gasteiger partial charge in [0.15, 0.2) is 5.65 Å². The maximum absolute atomic E-state index is 13.1. The van der Waals surface area contributed by atoms with E-state index >= 15 is 0 Å². The van der Waals surface area contributed by atoms with Gasteiger partial charge in [-0.1, -0.05) is 23.7 Å². The molecule has 1 aliphatic rings. The standard InChI is InChI=1S/C18H17ClN4O2/c1-25-17-14-9-12(10-20-16(14)21-22-17)18(24)23-8-2-3-15(23)11-4-6-13(19)7-5-11/h4-7,9-10,15H,2-3,8H2,1H3,(H,20,21,22). The van der Waals surface area contributed by atoms with E-state index in [1.54, 1.807) is 19.4 Å². The number of H-pyrrole nitrogens is 1. The quantitative estimate of drug-likeness (QED) is 0.778. The molecule has 1 aliphatic heterocycles. The normalized spacial score (nSPS) is 17.2. The van der Waals surface area contributed by atoms with Crippen molar-refractivity contribution in [2.75, 3.05) is 13.7 Å². The highest BCUT2D eigenvalue weighted by Gasteiger charge is 2.31. The van der Waals surface area contributed by atoms with Crippen molar-refractivity contribution in [2.45, 2.75) is 18.9 Å². The van der Waals surface area contributed by atoms with Crippen LogP contribution in [0.3, 0.4) is 0 Å². The van der Waals surface area contributed by atoms with Crippen molar-refractivity contribution in [1.82, 2.24) is 20.1 Å². The summed E-state index contributed by atoms with van der Waals surface area (Å²) in [5.41, 5.74) is 2.24. The lowest BCUT2D eigenvalue weighted by Gasteiger charge is -2.25. The number of hydrogen-bond acceptors (Lipinski definition) is 4. The number of benzene rings is 1. The highest BCUT2D eigenvalue weighted by Crippen LogP contribution is 2.34. The van der Waals surface area contributed by atoms with Gasteiger partial charge in [0, 0.05) is 17.8 Å². The number of carbonyl (C=O) groups excluding carboxylic acids is 1. The van der Waals surface area contributed by atoms with E-state index in [2.05, 4.69) is 15.2 Å². The molecule has 0 spiro atoms. The number of hydrogen-bond donors (Lipinski definition) is 1. The van der Waals surface area contributed by atoms with Crippen LogP contribution in [-0.2, 0) is 0 Å². The van der Waals surface area contributed by atoms with Crippen LogP contribution in [0.5, 0.6) is 5.88 Å². The molecule has 128 valence electrons. The second-order valence-corrected chi connectivity index (χ2v) is 6.50. The van der Waals surface area contributed by atoms with E-state index < -0.39 is 0 Å². The lowest BCUT2D eigenvalue weighted by molar-refractivity contribution is 0.0735. The van der Waals surface area contributed by atoms with Gasteiger partial charge in [0.25, 0.3) is 5.91 Å². The number of ether oxygens (including phenoxy) is 1. The fourth-order valence-electron chi connectivity index (χ4n) is 3.36. The molecule has 1 aromatic carbocycles. The molecule has 1 atom stereocenters. The molecular weight excluding hydrogens is 340 g/mol. The molecule has 7 heteroatoms. The number of nitrogens with one attached hydrogen (secondary N) is 1. The van der Waals surface area contributed by atoms with Crippen LogP contribution in [0.4, 0.5) is 0 Å². The number of halogens is 1. The van der Waals surface area contributed by atoms with Crippen molar-refractivity contribution < 1.29 is 9.53 Å². The minimum Gasteiger partial charge on any atom is -0.479 e. The fourth-order valence-corrected chi connectivity index (χ4v) is 3.49. The first kappa shape index (κ1) is 15.9. The minimum atomic E-state index is -0.0323. The van der Waals surface area contributed by atoms with Gasteiger partial charge in [-0.3, -0.25) is 9.89 Å². The third kappa shape index (κ3) is 2.82. The number of rotatable bonds is 3. The summed E-state index contributed by atoms with van der Waals surface area (Å²) in [5.74, 6) is 0.405. The van der Waals surface area contributed by atoms with Crippen LogP contribution >= 0.6 is 11.6 Å². The summed E-state index contributed by atoms with van der Waals surface area (Å²) in [6.07, 6.45) is 3.50. The van der Waals surface area contributed by atoms with Crippen LogP contribution in [0, 0.1) is 0 Å². The van der Waals surface area contributed by atoms with Crippen LogP contribution in [-0.4, -0.2) is 39.6 Å². The SMILES string of the molecule is COc1n[nH]c2ncc(C(=O)N3CCCC3c3ccc(Cl)cc3)cc12. The summed E-state index contributed by atoms with van der Waals surface area (Å²) in [7, 11) is 1.54. The summed E-state index contributed by atoms with van der Waals surface area (Å²) in [5, 5.41) is 8.23. The van der Waals surface area contributed by atoms with Crippen molar-refractivity contribution in [1.29, 1.82) is 0 Å². The molecule has 2 aromatic heterocycles. The predicted molar refractivity (Wildman–Crippen MR) is 94.9 cm³/mol. The van der Waals surface area contributed by atoms with Crippen LogP contribution in [0.25, 0.3) is 11.0 Å². The zero-order valence-electron chi connectivity index (χ0n) is 13.7. The first-order valence-electron chi connectivity index (χ1n) is 8.12. The van der Waals surface area contributed by atoms with E-state index in [4.69, 9.17) is 16.3 Å². The number of nitrogens with zero attached hydrogens (tertiary/aromatic N) is 3. The van der Waals surface area contributed by atoms with Crippen LogP contribution < -0.4 is 4.74 Å². The van der Waals surface area contributed by atoms with Crippen molar-refractivity contribution in [3.63, 3.8) is 0 Å². The first-order valence-corrected chi connectivity index (χ1v) is 8.49. The number of amides is 1. The van der Waals surface area contributed by atoms with Gasteiger partial charge in [-0.05, 0) is 36.6 Å². The highest BCUT2D eigenvalue weighted by atomic mass is 35.5. The molecule has 1 fully saturated rings. The second-order valence-electron chi connectivity index (χ2n) is 6.06. The molecule has 1 saturated heterocycles. The molecule has 1 amide bonds. The third-order valence-corrected chi connectivity index (χ3v) is 4.84. The van der Waals surface area contributed by atoms with Gasteiger partial charge in [-0.2, -0.15) is 0 Å². The maximum Gasteiger partial charge on any atom is 0.255 e. The first-order chi connectivity index (χ1) is 12.2. The Balaban J connectivity index is 1.66. The zero-order chi connectivity index (χ0) is 17.4. The van der Waals surface area contributed by atoms with Crippen LogP contribution in [0.1, 0.15) is 34.8 Å². The van der Waals surface area contributed by atoms with Crippen LogP contribution in [0.2, 0.25) is 5.02 Å². The Morgan fingerprint density at radius 2 is 2.16 bits per heavy atom. The van der Waals surface area contributed by atoms with Crippen molar-refractivity contribution in [3.05, 3.63) is 52.7 Å². The second kappa shape index (κ2) is 6.37. The van der Waals surface area contributed by atoms with E-state index in [0.717, 1.165) is 24.9 Å². The molecule has 0 radical (unpaired) electrons. The van der Waals surface area contributed by atoms with Crippen molar-refractivity contribution in [3.8, 4) is 5.88 Å². The van der Waals surface area contributed by atoms with E-state index in [1.807, 2.05) is 29.2 Å². The van der Waals surface area contributed by atoms with E-state index in [0.29, 0.717) is 27.5 Å². The average molecular weight is 357 g/mol. The Morgan fingerprint density at radius 1 is 1.36 bits per heavy atom. The number of carbonyl (C=O) groups is 1. The molecule has 1 N–H and O–H groups in total. The molecule has 3 heterocycles. The molecule has 0 saturated carbocycles.